The van der Waals surface area contributed by atoms with Gasteiger partial charge in [-0.25, -0.2) is 0 Å². The molecule has 1 aliphatic heterocycles. The SMILES string of the molecule is C[C@@H]1CN(C)CC=C1OS(=O)(=O)C(F)(F)F. The fourth-order valence-electron chi connectivity index (χ4n) is 1.37. The van der Waals surface area contributed by atoms with Crippen molar-refractivity contribution in [3.05, 3.63) is 11.8 Å². The Morgan fingerprint density at radius 3 is 2.50 bits per heavy atom. The van der Waals surface area contributed by atoms with Crippen LogP contribution in [0.1, 0.15) is 6.92 Å². The van der Waals surface area contributed by atoms with Crippen LogP contribution in [0.3, 0.4) is 0 Å². The van der Waals surface area contributed by atoms with Crippen molar-refractivity contribution in [1.82, 2.24) is 4.90 Å². The van der Waals surface area contributed by atoms with Gasteiger partial charge in [-0.3, -0.25) is 0 Å². The topological polar surface area (TPSA) is 46.6 Å². The van der Waals surface area contributed by atoms with E-state index in [4.69, 9.17) is 0 Å². The average Bonchev–Trinajstić information content (AvgIpc) is 2.08. The third-order valence-corrected chi connectivity index (χ3v) is 3.14. The lowest BCUT2D eigenvalue weighted by Crippen LogP contribution is -2.33. The van der Waals surface area contributed by atoms with Crippen molar-refractivity contribution in [2.24, 2.45) is 5.92 Å². The first-order valence-corrected chi connectivity index (χ1v) is 5.93. The number of likely N-dealkylation sites (N-methyl/N-ethyl adjacent to an activating group) is 1. The maximum atomic E-state index is 12.0. The summed E-state index contributed by atoms with van der Waals surface area (Å²) in [7, 11) is -3.75. The lowest BCUT2D eigenvalue weighted by molar-refractivity contribution is -0.0528. The van der Waals surface area contributed by atoms with Crippen LogP contribution in [0.4, 0.5) is 13.2 Å². The number of rotatable bonds is 2. The molecule has 0 N–H and O–H groups in total. The lowest BCUT2D eigenvalue weighted by atomic mass is 10.1. The second-order valence-corrected chi connectivity index (χ2v) is 5.25. The van der Waals surface area contributed by atoms with Gasteiger partial charge in [0.2, 0.25) is 0 Å². The summed E-state index contributed by atoms with van der Waals surface area (Å²) in [6.07, 6.45) is 1.34. The Kier molecular flexibility index (Phi) is 3.53. The van der Waals surface area contributed by atoms with Crippen molar-refractivity contribution >= 4 is 10.1 Å². The molecule has 94 valence electrons. The molecule has 0 fully saturated rings. The molecule has 8 heteroatoms. The van der Waals surface area contributed by atoms with Crippen LogP contribution in [-0.4, -0.2) is 39.0 Å². The van der Waals surface area contributed by atoms with Gasteiger partial charge in [-0.1, -0.05) is 6.92 Å². The molecule has 0 saturated carbocycles. The number of hydrogen-bond acceptors (Lipinski definition) is 4. The van der Waals surface area contributed by atoms with Crippen LogP contribution in [0.15, 0.2) is 11.8 Å². The third kappa shape index (κ3) is 2.88. The minimum Gasteiger partial charge on any atom is -0.381 e. The molecule has 1 rings (SSSR count). The summed E-state index contributed by atoms with van der Waals surface area (Å²) in [6, 6.07) is 0. The number of hydrogen-bond donors (Lipinski definition) is 0. The van der Waals surface area contributed by atoms with Crippen molar-refractivity contribution in [2.75, 3.05) is 20.1 Å². The molecule has 0 aromatic rings. The van der Waals surface area contributed by atoms with Gasteiger partial charge in [0.15, 0.2) is 0 Å². The molecular formula is C8H12F3NO3S. The Hall–Kier alpha value is -0.760. The van der Waals surface area contributed by atoms with E-state index in [9.17, 15) is 21.6 Å². The fraction of sp³-hybridized carbons (Fsp3) is 0.750. The minimum atomic E-state index is -5.53. The smallest absolute Gasteiger partial charge is 0.381 e. The summed E-state index contributed by atoms with van der Waals surface area (Å²) >= 11 is 0. The molecule has 0 unspecified atom stereocenters. The van der Waals surface area contributed by atoms with Crippen LogP contribution in [0.5, 0.6) is 0 Å². The van der Waals surface area contributed by atoms with Crippen molar-refractivity contribution in [3.8, 4) is 0 Å². The van der Waals surface area contributed by atoms with Crippen molar-refractivity contribution < 1.29 is 25.8 Å². The minimum absolute atomic E-state index is 0.143. The highest BCUT2D eigenvalue weighted by molar-refractivity contribution is 7.87. The molecule has 0 aromatic carbocycles. The number of nitrogens with zero attached hydrogens (tertiary/aromatic N) is 1. The first kappa shape index (κ1) is 13.3. The maximum Gasteiger partial charge on any atom is 0.534 e. The molecule has 0 aromatic heterocycles. The lowest BCUT2D eigenvalue weighted by Gasteiger charge is -2.27. The highest BCUT2D eigenvalue weighted by Crippen LogP contribution is 2.29. The van der Waals surface area contributed by atoms with Gasteiger partial charge in [0.25, 0.3) is 0 Å². The predicted molar refractivity (Wildman–Crippen MR) is 50.8 cm³/mol. The van der Waals surface area contributed by atoms with E-state index in [0.29, 0.717) is 13.1 Å². The second-order valence-electron chi connectivity index (χ2n) is 3.71. The van der Waals surface area contributed by atoms with Crippen LogP contribution in [-0.2, 0) is 14.3 Å². The second kappa shape index (κ2) is 4.25. The molecule has 0 radical (unpaired) electrons. The molecule has 16 heavy (non-hydrogen) atoms. The van der Waals surface area contributed by atoms with Gasteiger partial charge in [-0.05, 0) is 13.1 Å². The molecule has 0 spiro atoms. The average molecular weight is 259 g/mol. The molecule has 1 aliphatic rings. The van der Waals surface area contributed by atoms with Crippen LogP contribution in [0, 0.1) is 5.92 Å². The summed E-state index contributed by atoms with van der Waals surface area (Å²) in [4.78, 5) is 1.84. The highest BCUT2D eigenvalue weighted by atomic mass is 32.2. The highest BCUT2D eigenvalue weighted by Gasteiger charge is 2.49. The summed E-state index contributed by atoms with van der Waals surface area (Å²) in [5.74, 6) is -0.522. The largest absolute Gasteiger partial charge is 0.534 e. The van der Waals surface area contributed by atoms with Gasteiger partial charge in [-0.2, -0.15) is 21.6 Å². The van der Waals surface area contributed by atoms with Crippen LogP contribution >= 0.6 is 0 Å². The summed E-state index contributed by atoms with van der Waals surface area (Å²) in [5, 5.41) is 0. The molecule has 0 bridgehead atoms. The Bertz CT molecular complexity index is 388. The zero-order valence-electron chi connectivity index (χ0n) is 8.78. The van der Waals surface area contributed by atoms with E-state index in [1.807, 2.05) is 4.90 Å². The number of alkyl halides is 3. The van der Waals surface area contributed by atoms with E-state index in [2.05, 4.69) is 4.18 Å². The van der Waals surface area contributed by atoms with E-state index >= 15 is 0 Å². The maximum absolute atomic E-state index is 12.0. The van der Waals surface area contributed by atoms with Crippen LogP contribution in [0.2, 0.25) is 0 Å². The van der Waals surface area contributed by atoms with Crippen LogP contribution < -0.4 is 0 Å². The van der Waals surface area contributed by atoms with E-state index in [1.54, 1.807) is 14.0 Å². The van der Waals surface area contributed by atoms with E-state index < -0.39 is 15.6 Å². The Balaban J connectivity index is 2.83. The molecule has 0 saturated heterocycles. The predicted octanol–water partition coefficient (Wildman–Crippen LogP) is 1.32. The normalized spacial score (nSPS) is 24.1. The van der Waals surface area contributed by atoms with Crippen molar-refractivity contribution in [3.63, 3.8) is 0 Å². The molecule has 4 nitrogen and oxygen atoms in total. The zero-order chi connectivity index (χ0) is 12.6. The Labute approximate surface area is 91.8 Å². The van der Waals surface area contributed by atoms with Gasteiger partial charge in [0, 0.05) is 19.0 Å². The van der Waals surface area contributed by atoms with Crippen molar-refractivity contribution in [2.45, 2.75) is 12.4 Å². The van der Waals surface area contributed by atoms with Gasteiger partial charge >= 0.3 is 15.6 Å². The Morgan fingerprint density at radius 2 is 2.06 bits per heavy atom. The van der Waals surface area contributed by atoms with Gasteiger partial charge < -0.3 is 9.08 Å². The van der Waals surface area contributed by atoms with Crippen molar-refractivity contribution in [1.29, 1.82) is 0 Å². The first-order valence-electron chi connectivity index (χ1n) is 4.53. The molecule has 1 heterocycles. The van der Waals surface area contributed by atoms with Gasteiger partial charge in [0.05, 0.1) is 0 Å². The van der Waals surface area contributed by atoms with E-state index in [-0.39, 0.29) is 11.7 Å². The monoisotopic (exact) mass is 259 g/mol. The number of halogens is 3. The van der Waals surface area contributed by atoms with E-state index in [0.717, 1.165) is 0 Å². The third-order valence-electron chi connectivity index (χ3n) is 2.16. The molecular weight excluding hydrogens is 247 g/mol. The molecule has 0 amide bonds. The summed E-state index contributed by atoms with van der Waals surface area (Å²) < 4.78 is 61.7. The van der Waals surface area contributed by atoms with Gasteiger partial charge in [0.1, 0.15) is 5.76 Å². The zero-order valence-corrected chi connectivity index (χ0v) is 9.60. The van der Waals surface area contributed by atoms with E-state index in [1.165, 1.54) is 6.08 Å². The molecule has 0 aliphatic carbocycles. The standard InChI is InChI=1S/C8H12F3NO3S/c1-6-5-12(2)4-3-7(6)15-16(13,14)8(9,10)11/h3,6H,4-5H2,1-2H3/t6-/m1/s1. The fourth-order valence-corrected chi connectivity index (χ4v) is 1.95. The summed E-state index contributed by atoms with van der Waals surface area (Å²) in [6.45, 7) is 2.43. The van der Waals surface area contributed by atoms with Gasteiger partial charge in [-0.15, -0.1) is 0 Å². The molecule has 1 atom stereocenters. The quantitative estimate of drug-likeness (QED) is 0.554. The first-order chi connectivity index (χ1) is 7.13. The Morgan fingerprint density at radius 1 is 1.50 bits per heavy atom. The summed E-state index contributed by atoms with van der Waals surface area (Å²) in [5.41, 5.74) is -5.38. The van der Waals surface area contributed by atoms with Crippen LogP contribution in [0.25, 0.3) is 0 Å².